The van der Waals surface area contributed by atoms with E-state index in [0.717, 1.165) is 56.6 Å². The van der Waals surface area contributed by atoms with E-state index in [1.54, 1.807) is 6.20 Å². The number of ether oxygens (including phenoxy) is 1. The molecule has 7 heteroatoms. The molecule has 1 saturated carbocycles. The summed E-state index contributed by atoms with van der Waals surface area (Å²) >= 11 is 0. The van der Waals surface area contributed by atoms with E-state index in [1.165, 1.54) is 0 Å². The van der Waals surface area contributed by atoms with Gasteiger partial charge in [-0.25, -0.2) is 13.4 Å². The third-order valence-corrected chi connectivity index (χ3v) is 6.86. The van der Waals surface area contributed by atoms with Crippen molar-refractivity contribution in [3.63, 3.8) is 0 Å². The summed E-state index contributed by atoms with van der Waals surface area (Å²) < 4.78 is 33.4. The molecule has 0 unspecified atom stereocenters. The molecule has 0 radical (unpaired) electrons. The average molecular weight is 382 g/mol. The molecule has 146 valence electrons. The molecule has 2 fully saturated rings. The van der Waals surface area contributed by atoms with Gasteiger partial charge in [0.05, 0.1) is 30.3 Å². The molecule has 1 aromatic heterocycles. The van der Waals surface area contributed by atoms with E-state index in [9.17, 15) is 8.42 Å². The summed E-state index contributed by atoms with van der Waals surface area (Å²) in [4.78, 5) is 6.60. The Kier molecular flexibility index (Phi) is 6.20. The maximum Gasteiger partial charge on any atom is 0.227 e. The minimum absolute atomic E-state index is 0.0778. The van der Waals surface area contributed by atoms with E-state index in [1.807, 2.05) is 11.5 Å². The normalized spacial score (nSPS) is 20.8. The molecule has 6 nitrogen and oxygen atoms in total. The summed E-state index contributed by atoms with van der Waals surface area (Å²) in [5, 5.41) is 0.223. The van der Waals surface area contributed by atoms with Crippen LogP contribution in [0.2, 0.25) is 0 Å². The van der Waals surface area contributed by atoms with Crippen LogP contribution in [0.3, 0.4) is 0 Å². The molecule has 0 N–H and O–H groups in total. The number of rotatable bonds is 10. The third kappa shape index (κ3) is 4.96. The van der Waals surface area contributed by atoms with Crippen LogP contribution in [0.15, 0.2) is 23.5 Å². The predicted octanol–water partition coefficient (Wildman–Crippen LogP) is 2.64. The van der Waals surface area contributed by atoms with Crippen molar-refractivity contribution in [3.05, 3.63) is 24.0 Å². The van der Waals surface area contributed by atoms with Crippen LogP contribution in [0.4, 0.5) is 0 Å². The van der Waals surface area contributed by atoms with Crippen molar-refractivity contribution in [3.8, 4) is 0 Å². The van der Waals surface area contributed by atoms with Gasteiger partial charge in [0.2, 0.25) is 15.0 Å². The highest BCUT2D eigenvalue weighted by Crippen LogP contribution is 2.32. The number of sulfone groups is 1. The number of nitrogens with zero attached hydrogens (tertiary/aromatic N) is 3. The van der Waals surface area contributed by atoms with Crippen molar-refractivity contribution >= 4 is 9.84 Å². The maximum atomic E-state index is 12.9. The number of aromatic nitrogens is 2. The molecule has 2 heterocycles. The fourth-order valence-electron chi connectivity index (χ4n) is 3.51. The van der Waals surface area contributed by atoms with Gasteiger partial charge in [0.15, 0.2) is 0 Å². The van der Waals surface area contributed by atoms with Gasteiger partial charge >= 0.3 is 0 Å². The Labute approximate surface area is 157 Å². The second-order valence-corrected chi connectivity index (χ2v) is 9.69. The molecular formula is C19H31N3O3S. The SMILES string of the molecule is C=C(C)CN(CC)Cc1cnc(S(=O)(=O)CC2CC2)n1C[C@H]1CCCO1. The second-order valence-electron chi connectivity index (χ2n) is 7.76. The summed E-state index contributed by atoms with van der Waals surface area (Å²) in [5.74, 6) is 0.532. The minimum atomic E-state index is -3.35. The maximum absolute atomic E-state index is 12.9. The first-order valence-corrected chi connectivity index (χ1v) is 11.3. The Morgan fingerprint density at radius 1 is 1.42 bits per heavy atom. The standard InChI is InChI=1S/C19H31N3O3S/c1-4-21(11-15(2)3)12-17-10-20-19(26(23,24)14-16-7-8-16)22(17)13-18-6-5-9-25-18/h10,16,18H,2,4-9,11-14H2,1,3H3/t18-/m1/s1. The molecule has 1 atom stereocenters. The Balaban J connectivity index is 1.86. The van der Waals surface area contributed by atoms with Crippen molar-refractivity contribution in [2.24, 2.45) is 5.92 Å². The highest BCUT2D eigenvalue weighted by Gasteiger charge is 2.33. The van der Waals surface area contributed by atoms with E-state index in [4.69, 9.17) is 4.74 Å². The van der Waals surface area contributed by atoms with Crippen molar-refractivity contribution in [2.45, 2.75) is 63.9 Å². The monoisotopic (exact) mass is 381 g/mol. The molecular weight excluding hydrogens is 350 g/mol. The molecule has 1 saturated heterocycles. The van der Waals surface area contributed by atoms with Gasteiger partial charge in [-0.05, 0) is 45.1 Å². The Bertz CT molecular complexity index is 731. The van der Waals surface area contributed by atoms with Crippen LogP contribution in [0, 0.1) is 5.92 Å². The van der Waals surface area contributed by atoms with Crippen LogP contribution < -0.4 is 0 Å². The lowest BCUT2D eigenvalue weighted by molar-refractivity contribution is 0.0934. The molecule has 1 aliphatic carbocycles. The lowest BCUT2D eigenvalue weighted by atomic mass is 10.2. The molecule has 0 bridgehead atoms. The quantitative estimate of drug-likeness (QED) is 0.583. The van der Waals surface area contributed by atoms with Crippen LogP contribution in [0.5, 0.6) is 0 Å². The fourth-order valence-corrected chi connectivity index (χ4v) is 5.36. The lowest BCUT2D eigenvalue weighted by Gasteiger charge is -2.22. The van der Waals surface area contributed by atoms with Crippen LogP contribution in [0.1, 0.15) is 45.2 Å². The fraction of sp³-hybridized carbons (Fsp3) is 0.737. The van der Waals surface area contributed by atoms with E-state index < -0.39 is 9.84 Å². The first-order chi connectivity index (χ1) is 12.4. The van der Waals surface area contributed by atoms with Crippen molar-refractivity contribution in [2.75, 3.05) is 25.4 Å². The van der Waals surface area contributed by atoms with Gasteiger partial charge in [-0.2, -0.15) is 0 Å². The molecule has 0 amide bonds. The van der Waals surface area contributed by atoms with Gasteiger partial charge in [-0.15, -0.1) is 0 Å². The highest BCUT2D eigenvalue weighted by molar-refractivity contribution is 7.91. The highest BCUT2D eigenvalue weighted by atomic mass is 32.2. The van der Waals surface area contributed by atoms with Gasteiger partial charge < -0.3 is 9.30 Å². The topological polar surface area (TPSA) is 64.4 Å². The number of imidazole rings is 1. The zero-order valence-electron chi connectivity index (χ0n) is 16.0. The summed E-state index contributed by atoms with van der Waals surface area (Å²) in [6.45, 7) is 11.8. The van der Waals surface area contributed by atoms with E-state index in [2.05, 4.69) is 23.4 Å². The molecule has 2 aliphatic rings. The Hall–Kier alpha value is -1.18. The van der Waals surface area contributed by atoms with Crippen LogP contribution in [-0.4, -0.2) is 54.4 Å². The minimum Gasteiger partial charge on any atom is -0.376 e. The molecule has 0 spiro atoms. The van der Waals surface area contributed by atoms with E-state index in [0.29, 0.717) is 19.0 Å². The van der Waals surface area contributed by atoms with Gasteiger partial charge in [0.25, 0.3) is 0 Å². The van der Waals surface area contributed by atoms with Crippen molar-refractivity contribution in [1.29, 1.82) is 0 Å². The van der Waals surface area contributed by atoms with Crippen LogP contribution in [0.25, 0.3) is 0 Å². The van der Waals surface area contributed by atoms with Crippen molar-refractivity contribution in [1.82, 2.24) is 14.5 Å². The van der Waals surface area contributed by atoms with E-state index >= 15 is 0 Å². The van der Waals surface area contributed by atoms with Gasteiger partial charge in [0.1, 0.15) is 0 Å². The van der Waals surface area contributed by atoms with Gasteiger partial charge in [-0.1, -0.05) is 19.1 Å². The zero-order valence-corrected chi connectivity index (χ0v) is 16.8. The largest absolute Gasteiger partial charge is 0.376 e. The first-order valence-electron chi connectivity index (χ1n) is 9.64. The van der Waals surface area contributed by atoms with Gasteiger partial charge in [-0.3, -0.25) is 4.90 Å². The molecule has 1 aliphatic heterocycles. The van der Waals surface area contributed by atoms with E-state index in [-0.39, 0.29) is 17.0 Å². The van der Waals surface area contributed by atoms with Gasteiger partial charge in [0, 0.05) is 19.7 Å². The summed E-state index contributed by atoms with van der Waals surface area (Å²) in [6.07, 6.45) is 5.85. The summed E-state index contributed by atoms with van der Waals surface area (Å²) in [5.41, 5.74) is 2.04. The first kappa shape index (κ1) is 19.6. The van der Waals surface area contributed by atoms with Crippen molar-refractivity contribution < 1.29 is 13.2 Å². The predicted molar refractivity (Wildman–Crippen MR) is 102 cm³/mol. The zero-order chi connectivity index (χ0) is 18.7. The average Bonchev–Trinajstić information content (AvgIpc) is 3.07. The number of likely N-dealkylation sites (N-methyl/N-ethyl adjacent to an activating group) is 1. The van der Waals surface area contributed by atoms with Crippen LogP contribution >= 0.6 is 0 Å². The number of hydrogen-bond donors (Lipinski definition) is 0. The molecule has 1 aromatic rings. The molecule has 3 rings (SSSR count). The molecule has 26 heavy (non-hydrogen) atoms. The second kappa shape index (κ2) is 8.23. The number of hydrogen-bond acceptors (Lipinski definition) is 5. The third-order valence-electron chi connectivity index (χ3n) is 5.07. The molecule has 0 aromatic carbocycles. The smallest absolute Gasteiger partial charge is 0.227 e. The Morgan fingerprint density at radius 2 is 2.19 bits per heavy atom. The summed E-state index contributed by atoms with van der Waals surface area (Å²) in [6, 6.07) is 0. The van der Waals surface area contributed by atoms with Crippen LogP contribution in [-0.2, 0) is 27.7 Å². The Morgan fingerprint density at radius 3 is 2.77 bits per heavy atom. The lowest BCUT2D eigenvalue weighted by Crippen LogP contribution is -2.28. The summed E-state index contributed by atoms with van der Waals surface area (Å²) in [7, 11) is -3.35.